The van der Waals surface area contributed by atoms with Gasteiger partial charge in [-0.05, 0) is 53.9 Å². The molecule has 1 atom stereocenters. The molecule has 2 nitrogen and oxygen atoms in total. The third-order valence-electron chi connectivity index (χ3n) is 3.61. The molecule has 1 aliphatic rings. The van der Waals surface area contributed by atoms with E-state index in [0.717, 1.165) is 6.54 Å². The quantitative estimate of drug-likeness (QED) is 0.831. The lowest BCUT2D eigenvalue weighted by Gasteiger charge is -2.35. The molecule has 2 aromatic heterocycles. The molecule has 0 aliphatic carbocycles. The molecule has 0 bridgehead atoms. The van der Waals surface area contributed by atoms with Crippen LogP contribution in [-0.4, -0.2) is 16.4 Å². The lowest BCUT2D eigenvalue weighted by atomic mass is 9.98. The van der Waals surface area contributed by atoms with E-state index >= 15 is 0 Å². The Morgan fingerprint density at radius 1 is 1.28 bits per heavy atom. The van der Waals surface area contributed by atoms with Crippen molar-refractivity contribution in [2.45, 2.75) is 31.8 Å². The first-order chi connectivity index (χ1) is 8.93. The molecule has 3 heteroatoms. The summed E-state index contributed by atoms with van der Waals surface area (Å²) >= 11 is 1.78. The van der Waals surface area contributed by atoms with Crippen molar-refractivity contribution in [3.05, 3.63) is 52.5 Å². The van der Waals surface area contributed by atoms with Crippen LogP contribution in [0, 0.1) is 0 Å². The zero-order valence-electron chi connectivity index (χ0n) is 10.5. The Kier molecular flexibility index (Phi) is 3.72. The molecule has 1 aliphatic heterocycles. The maximum atomic E-state index is 4.54. The summed E-state index contributed by atoms with van der Waals surface area (Å²) in [5, 5.41) is 4.42. The van der Waals surface area contributed by atoms with Crippen molar-refractivity contribution in [3.8, 4) is 0 Å². The zero-order valence-corrected chi connectivity index (χ0v) is 11.3. The molecule has 0 saturated carbocycles. The van der Waals surface area contributed by atoms with Gasteiger partial charge in [0.2, 0.25) is 0 Å². The van der Waals surface area contributed by atoms with Crippen molar-refractivity contribution < 1.29 is 0 Å². The molecule has 0 aromatic carbocycles. The van der Waals surface area contributed by atoms with Crippen LogP contribution in [0.3, 0.4) is 0 Å². The maximum Gasteiger partial charge on any atom is 0.0575 e. The van der Waals surface area contributed by atoms with Crippen molar-refractivity contribution in [1.82, 2.24) is 9.88 Å². The standard InChI is InChI=1S/C15H18N2S/c1-3-8-16-14(5-1)15-6-2-4-9-17(15)11-13-7-10-18-12-13/h1,3,5,7-8,10,12,15H,2,4,6,9,11H2. The molecule has 0 amide bonds. The van der Waals surface area contributed by atoms with Crippen LogP contribution in [0.4, 0.5) is 0 Å². The molecular formula is C15H18N2S. The summed E-state index contributed by atoms with van der Waals surface area (Å²) in [6.45, 7) is 2.25. The highest BCUT2D eigenvalue weighted by atomic mass is 32.1. The van der Waals surface area contributed by atoms with Crippen LogP contribution in [0.5, 0.6) is 0 Å². The first-order valence-corrected chi connectivity index (χ1v) is 7.54. The highest BCUT2D eigenvalue weighted by molar-refractivity contribution is 7.07. The first kappa shape index (κ1) is 11.9. The fourth-order valence-electron chi connectivity index (χ4n) is 2.71. The van der Waals surface area contributed by atoms with Crippen molar-refractivity contribution in [2.75, 3.05) is 6.54 Å². The second kappa shape index (κ2) is 5.63. The van der Waals surface area contributed by atoms with E-state index < -0.39 is 0 Å². The van der Waals surface area contributed by atoms with Gasteiger partial charge in [-0.25, -0.2) is 0 Å². The second-order valence-corrected chi connectivity index (χ2v) is 5.65. The fraction of sp³-hybridized carbons (Fsp3) is 0.400. The summed E-state index contributed by atoms with van der Waals surface area (Å²) in [5.74, 6) is 0. The summed E-state index contributed by atoms with van der Waals surface area (Å²) in [6.07, 6.45) is 5.78. The van der Waals surface area contributed by atoms with Gasteiger partial charge in [-0.1, -0.05) is 12.5 Å². The summed E-state index contributed by atoms with van der Waals surface area (Å²) < 4.78 is 0. The van der Waals surface area contributed by atoms with Crippen LogP contribution in [0.1, 0.15) is 36.6 Å². The monoisotopic (exact) mass is 258 g/mol. The van der Waals surface area contributed by atoms with E-state index in [1.165, 1.54) is 37.1 Å². The Balaban J connectivity index is 1.78. The minimum Gasteiger partial charge on any atom is -0.290 e. The minimum atomic E-state index is 0.500. The van der Waals surface area contributed by atoms with Crippen molar-refractivity contribution in [1.29, 1.82) is 0 Å². The highest BCUT2D eigenvalue weighted by Gasteiger charge is 2.24. The average molecular weight is 258 g/mol. The predicted octanol–water partition coefficient (Wildman–Crippen LogP) is 3.87. The van der Waals surface area contributed by atoms with Gasteiger partial charge in [0.05, 0.1) is 11.7 Å². The third-order valence-corrected chi connectivity index (χ3v) is 4.34. The molecule has 2 aromatic rings. The Labute approximate surface area is 112 Å². The molecular weight excluding hydrogens is 240 g/mol. The van der Waals surface area contributed by atoms with Gasteiger partial charge >= 0.3 is 0 Å². The predicted molar refractivity (Wildman–Crippen MR) is 75.6 cm³/mol. The molecule has 0 spiro atoms. The van der Waals surface area contributed by atoms with Crippen molar-refractivity contribution >= 4 is 11.3 Å². The topological polar surface area (TPSA) is 16.1 Å². The SMILES string of the molecule is c1ccc(C2CCCCN2Cc2ccsc2)nc1. The second-order valence-electron chi connectivity index (χ2n) is 4.87. The van der Waals surface area contributed by atoms with Gasteiger partial charge in [0, 0.05) is 12.7 Å². The van der Waals surface area contributed by atoms with Crippen LogP contribution in [0.15, 0.2) is 41.2 Å². The van der Waals surface area contributed by atoms with Gasteiger partial charge in [0.25, 0.3) is 0 Å². The summed E-state index contributed by atoms with van der Waals surface area (Å²) in [7, 11) is 0. The van der Waals surface area contributed by atoms with Crippen LogP contribution in [0.2, 0.25) is 0 Å². The molecule has 1 saturated heterocycles. The van der Waals surface area contributed by atoms with E-state index in [9.17, 15) is 0 Å². The van der Waals surface area contributed by atoms with E-state index in [1.807, 2.05) is 12.3 Å². The lowest BCUT2D eigenvalue weighted by molar-refractivity contribution is 0.137. The number of likely N-dealkylation sites (tertiary alicyclic amines) is 1. The van der Waals surface area contributed by atoms with Crippen LogP contribution in [-0.2, 0) is 6.54 Å². The molecule has 94 valence electrons. The van der Waals surface area contributed by atoms with Gasteiger partial charge in [0.15, 0.2) is 0 Å². The van der Waals surface area contributed by atoms with E-state index in [2.05, 4.69) is 38.8 Å². The Hall–Kier alpha value is -1.19. The van der Waals surface area contributed by atoms with Gasteiger partial charge < -0.3 is 0 Å². The first-order valence-electron chi connectivity index (χ1n) is 6.59. The smallest absolute Gasteiger partial charge is 0.0575 e. The average Bonchev–Trinajstić information content (AvgIpc) is 2.93. The minimum absolute atomic E-state index is 0.500. The van der Waals surface area contributed by atoms with Gasteiger partial charge in [-0.15, -0.1) is 0 Å². The van der Waals surface area contributed by atoms with Crippen LogP contribution in [0.25, 0.3) is 0 Å². The highest BCUT2D eigenvalue weighted by Crippen LogP contribution is 2.31. The van der Waals surface area contributed by atoms with E-state index in [0.29, 0.717) is 6.04 Å². The fourth-order valence-corrected chi connectivity index (χ4v) is 3.37. The normalized spacial score (nSPS) is 21.0. The van der Waals surface area contributed by atoms with Gasteiger partial charge in [-0.3, -0.25) is 9.88 Å². The molecule has 3 heterocycles. The van der Waals surface area contributed by atoms with Crippen LogP contribution < -0.4 is 0 Å². The Morgan fingerprint density at radius 2 is 2.28 bits per heavy atom. The third kappa shape index (κ3) is 2.62. The summed E-state index contributed by atoms with van der Waals surface area (Å²) in [5.41, 5.74) is 2.66. The maximum absolute atomic E-state index is 4.54. The number of nitrogens with zero attached hydrogens (tertiary/aromatic N) is 2. The zero-order chi connectivity index (χ0) is 12.2. The van der Waals surface area contributed by atoms with Gasteiger partial charge in [-0.2, -0.15) is 11.3 Å². The largest absolute Gasteiger partial charge is 0.290 e. The molecule has 1 unspecified atom stereocenters. The summed E-state index contributed by atoms with van der Waals surface area (Å²) in [4.78, 5) is 7.12. The number of hydrogen-bond donors (Lipinski definition) is 0. The van der Waals surface area contributed by atoms with Crippen molar-refractivity contribution in [2.24, 2.45) is 0 Å². The van der Waals surface area contributed by atoms with E-state index in [1.54, 1.807) is 11.3 Å². The van der Waals surface area contributed by atoms with Gasteiger partial charge in [0.1, 0.15) is 0 Å². The number of piperidine rings is 1. The molecule has 0 N–H and O–H groups in total. The lowest BCUT2D eigenvalue weighted by Crippen LogP contribution is -2.33. The number of aromatic nitrogens is 1. The molecule has 0 radical (unpaired) electrons. The molecule has 18 heavy (non-hydrogen) atoms. The number of hydrogen-bond acceptors (Lipinski definition) is 3. The molecule has 1 fully saturated rings. The van der Waals surface area contributed by atoms with E-state index in [4.69, 9.17) is 0 Å². The Bertz CT molecular complexity index is 467. The molecule has 3 rings (SSSR count). The number of thiophene rings is 1. The number of rotatable bonds is 3. The number of pyridine rings is 1. The summed E-state index contributed by atoms with van der Waals surface area (Å²) in [6, 6.07) is 8.99. The van der Waals surface area contributed by atoms with E-state index in [-0.39, 0.29) is 0 Å². The van der Waals surface area contributed by atoms with Crippen LogP contribution >= 0.6 is 11.3 Å². The Morgan fingerprint density at radius 3 is 3.06 bits per heavy atom. The van der Waals surface area contributed by atoms with Crippen molar-refractivity contribution in [3.63, 3.8) is 0 Å².